The molecule has 2 aromatic rings. The number of piperazine rings is 1. The van der Waals surface area contributed by atoms with Crippen LogP contribution >= 0.6 is 0 Å². The Balaban J connectivity index is 1.08. The summed E-state index contributed by atoms with van der Waals surface area (Å²) in [5.41, 5.74) is 1.22. The van der Waals surface area contributed by atoms with Gasteiger partial charge in [-0.15, -0.1) is 0 Å². The van der Waals surface area contributed by atoms with E-state index in [9.17, 15) is 4.79 Å². The van der Waals surface area contributed by atoms with Gasteiger partial charge < -0.3 is 23.8 Å². The van der Waals surface area contributed by atoms with Crippen molar-refractivity contribution in [1.82, 2.24) is 14.7 Å². The molecule has 0 N–H and O–H groups in total. The highest BCUT2D eigenvalue weighted by Crippen LogP contribution is 2.33. The second-order valence-corrected chi connectivity index (χ2v) is 8.67. The number of nitrogens with zero attached hydrogens (tertiary/aromatic N) is 3. The van der Waals surface area contributed by atoms with Crippen LogP contribution in [0.4, 0.5) is 0 Å². The van der Waals surface area contributed by atoms with E-state index in [1.807, 2.05) is 42.2 Å². The summed E-state index contributed by atoms with van der Waals surface area (Å²) in [7, 11) is 0. The Kier molecular flexibility index (Phi) is 6.55. The molecule has 33 heavy (non-hydrogen) atoms. The van der Waals surface area contributed by atoms with Crippen molar-refractivity contribution in [2.75, 3.05) is 59.2 Å². The van der Waals surface area contributed by atoms with Crippen LogP contribution in [0.1, 0.15) is 12.5 Å². The zero-order chi connectivity index (χ0) is 22.6. The summed E-state index contributed by atoms with van der Waals surface area (Å²) >= 11 is 0. The third-order valence-corrected chi connectivity index (χ3v) is 6.39. The lowest BCUT2D eigenvalue weighted by Gasteiger charge is -2.36. The van der Waals surface area contributed by atoms with Gasteiger partial charge in [-0.2, -0.15) is 0 Å². The fraction of sp³-hybridized carbons (Fsp3) is 0.480. The fourth-order valence-corrected chi connectivity index (χ4v) is 4.50. The molecule has 1 fully saturated rings. The number of hydrogen-bond acceptors (Lipinski definition) is 7. The van der Waals surface area contributed by atoms with Gasteiger partial charge >= 0.3 is 0 Å². The topological polar surface area (TPSA) is 63.7 Å². The Morgan fingerprint density at radius 3 is 2.48 bits per heavy atom. The minimum atomic E-state index is -0.151. The summed E-state index contributed by atoms with van der Waals surface area (Å²) in [6.45, 7) is 8.91. The van der Waals surface area contributed by atoms with Gasteiger partial charge in [0.2, 0.25) is 12.7 Å². The monoisotopic (exact) mass is 453 g/mol. The molecule has 2 aromatic carbocycles. The molecule has 0 unspecified atom stereocenters. The summed E-state index contributed by atoms with van der Waals surface area (Å²) in [4.78, 5) is 19.5. The average Bonchev–Trinajstić information content (AvgIpc) is 3.31. The van der Waals surface area contributed by atoms with Crippen LogP contribution in [0.2, 0.25) is 0 Å². The first-order valence-corrected chi connectivity index (χ1v) is 11.7. The van der Waals surface area contributed by atoms with Gasteiger partial charge in [0.25, 0.3) is 0 Å². The molecular weight excluding hydrogens is 422 g/mol. The lowest BCUT2D eigenvalue weighted by Crippen LogP contribution is -2.51. The highest BCUT2D eigenvalue weighted by Gasteiger charge is 2.27. The SMILES string of the molecule is CCN(C[C@@H]1COc2ccccc2O1)C(=O)CN1CCN(Cc2ccc3c(c2)OCO3)CC1. The van der Waals surface area contributed by atoms with Crippen molar-refractivity contribution in [3.8, 4) is 23.0 Å². The lowest BCUT2D eigenvalue weighted by molar-refractivity contribution is -0.134. The minimum absolute atomic E-state index is 0.143. The molecule has 0 saturated carbocycles. The molecule has 3 heterocycles. The Labute approximate surface area is 194 Å². The molecule has 3 aliphatic heterocycles. The second kappa shape index (κ2) is 9.89. The minimum Gasteiger partial charge on any atom is -0.486 e. The highest BCUT2D eigenvalue weighted by atomic mass is 16.7. The molecule has 1 saturated heterocycles. The number of likely N-dealkylation sites (N-methyl/N-ethyl adjacent to an activating group) is 1. The molecule has 1 atom stereocenters. The van der Waals surface area contributed by atoms with Crippen LogP contribution in [0.15, 0.2) is 42.5 Å². The summed E-state index contributed by atoms with van der Waals surface area (Å²) in [6.07, 6.45) is -0.151. The molecule has 0 bridgehead atoms. The Bertz CT molecular complexity index is 976. The van der Waals surface area contributed by atoms with Gasteiger partial charge in [0.1, 0.15) is 6.61 Å². The van der Waals surface area contributed by atoms with Gasteiger partial charge in [0.05, 0.1) is 13.1 Å². The number of benzene rings is 2. The Morgan fingerprint density at radius 1 is 0.939 bits per heavy atom. The molecular formula is C25H31N3O5. The van der Waals surface area contributed by atoms with Gasteiger partial charge in [-0.25, -0.2) is 0 Å². The quantitative estimate of drug-likeness (QED) is 0.637. The van der Waals surface area contributed by atoms with E-state index in [2.05, 4.69) is 21.9 Å². The van der Waals surface area contributed by atoms with Gasteiger partial charge in [-0.3, -0.25) is 14.6 Å². The Morgan fingerprint density at radius 2 is 1.67 bits per heavy atom. The zero-order valence-corrected chi connectivity index (χ0v) is 19.1. The van der Waals surface area contributed by atoms with Gasteiger partial charge in [0.15, 0.2) is 29.1 Å². The van der Waals surface area contributed by atoms with Crippen molar-refractivity contribution in [3.05, 3.63) is 48.0 Å². The predicted octanol–water partition coefficient (Wildman–Crippen LogP) is 2.22. The van der Waals surface area contributed by atoms with Crippen LogP contribution in [0.5, 0.6) is 23.0 Å². The number of carbonyl (C=O) groups excluding carboxylic acids is 1. The summed E-state index contributed by atoms with van der Waals surface area (Å²) < 4.78 is 22.7. The fourth-order valence-electron chi connectivity index (χ4n) is 4.50. The highest BCUT2D eigenvalue weighted by molar-refractivity contribution is 5.78. The van der Waals surface area contributed by atoms with Crippen molar-refractivity contribution in [2.45, 2.75) is 19.6 Å². The van der Waals surface area contributed by atoms with Crippen molar-refractivity contribution in [1.29, 1.82) is 0 Å². The summed E-state index contributed by atoms with van der Waals surface area (Å²) in [5.74, 6) is 3.30. The molecule has 8 heteroatoms. The smallest absolute Gasteiger partial charge is 0.236 e. The van der Waals surface area contributed by atoms with E-state index < -0.39 is 0 Å². The molecule has 176 valence electrons. The van der Waals surface area contributed by atoms with Crippen molar-refractivity contribution in [2.24, 2.45) is 0 Å². The first-order chi connectivity index (χ1) is 16.2. The number of fused-ring (bicyclic) bond motifs is 2. The maximum atomic E-state index is 13.0. The maximum Gasteiger partial charge on any atom is 0.236 e. The number of hydrogen-bond donors (Lipinski definition) is 0. The molecule has 0 radical (unpaired) electrons. The van der Waals surface area contributed by atoms with E-state index in [-0.39, 0.29) is 12.0 Å². The molecule has 0 aliphatic carbocycles. The van der Waals surface area contributed by atoms with E-state index in [1.54, 1.807) is 0 Å². The summed E-state index contributed by atoms with van der Waals surface area (Å²) in [6, 6.07) is 13.8. The second-order valence-electron chi connectivity index (χ2n) is 8.67. The molecule has 0 aromatic heterocycles. The first-order valence-electron chi connectivity index (χ1n) is 11.7. The maximum absolute atomic E-state index is 13.0. The zero-order valence-electron chi connectivity index (χ0n) is 19.1. The van der Waals surface area contributed by atoms with Crippen LogP contribution in [0.3, 0.4) is 0 Å². The van der Waals surface area contributed by atoms with E-state index >= 15 is 0 Å². The van der Waals surface area contributed by atoms with Crippen LogP contribution in [-0.2, 0) is 11.3 Å². The largest absolute Gasteiger partial charge is 0.486 e. The lowest BCUT2D eigenvalue weighted by atomic mass is 10.1. The third-order valence-electron chi connectivity index (χ3n) is 6.39. The van der Waals surface area contributed by atoms with E-state index in [0.29, 0.717) is 33.0 Å². The van der Waals surface area contributed by atoms with E-state index in [4.69, 9.17) is 18.9 Å². The number of ether oxygens (including phenoxy) is 4. The molecule has 8 nitrogen and oxygen atoms in total. The van der Waals surface area contributed by atoms with E-state index in [0.717, 1.165) is 55.7 Å². The van der Waals surface area contributed by atoms with Gasteiger partial charge in [0, 0.05) is 39.3 Å². The van der Waals surface area contributed by atoms with Crippen LogP contribution in [-0.4, -0.2) is 85.9 Å². The number of amides is 1. The molecule has 3 aliphatic rings. The normalized spacial score (nSPS) is 20.0. The molecule has 0 spiro atoms. The predicted molar refractivity (Wildman–Crippen MR) is 123 cm³/mol. The summed E-state index contributed by atoms with van der Waals surface area (Å²) in [5, 5.41) is 0. The number of para-hydroxylation sites is 2. The van der Waals surface area contributed by atoms with Crippen LogP contribution in [0, 0.1) is 0 Å². The van der Waals surface area contributed by atoms with Gasteiger partial charge in [-0.1, -0.05) is 18.2 Å². The average molecular weight is 454 g/mol. The third kappa shape index (κ3) is 5.17. The molecule has 5 rings (SSSR count). The standard InChI is InChI=1S/C25H31N3O5/c1-2-28(15-20-17-30-21-5-3-4-6-23(21)33-20)25(29)16-27-11-9-26(10-12-27)14-19-7-8-22-24(13-19)32-18-31-22/h3-8,13,20H,2,9-12,14-18H2,1H3/t20-/m1/s1. The number of carbonyl (C=O) groups is 1. The van der Waals surface area contributed by atoms with Crippen LogP contribution < -0.4 is 18.9 Å². The Hall–Kier alpha value is -2.97. The molecule has 1 amide bonds. The van der Waals surface area contributed by atoms with Crippen molar-refractivity contribution >= 4 is 5.91 Å². The van der Waals surface area contributed by atoms with Crippen LogP contribution in [0.25, 0.3) is 0 Å². The van der Waals surface area contributed by atoms with Crippen molar-refractivity contribution in [3.63, 3.8) is 0 Å². The van der Waals surface area contributed by atoms with Crippen molar-refractivity contribution < 1.29 is 23.7 Å². The van der Waals surface area contributed by atoms with E-state index in [1.165, 1.54) is 5.56 Å². The van der Waals surface area contributed by atoms with Gasteiger partial charge in [-0.05, 0) is 36.8 Å². The first kappa shape index (κ1) is 21.9. The number of rotatable bonds is 7.